The number of anilines is 1. The average molecular weight is 747 g/mol. The second-order valence-electron chi connectivity index (χ2n) is 13.0. The molecule has 1 unspecified atom stereocenters. The highest BCUT2D eigenvalue weighted by Gasteiger charge is 2.36. The van der Waals surface area contributed by atoms with Crippen molar-refractivity contribution in [3.05, 3.63) is 101 Å². The van der Waals surface area contributed by atoms with Crippen LogP contribution in [0.1, 0.15) is 57.6 Å². The third kappa shape index (κ3) is 14.1. The van der Waals surface area contributed by atoms with Gasteiger partial charge < -0.3 is 21.1 Å². The highest BCUT2D eigenvalue weighted by molar-refractivity contribution is 7.90. The average Bonchev–Trinajstić information content (AvgIpc) is 3.96. The Morgan fingerprint density at radius 1 is 1.02 bits per heavy atom. The molecule has 0 radical (unpaired) electrons. The van der Waals surface area contributed by atoms with E-state index in [1.165, 1.54) is 37.1 Å². The fourth-order valence-corrected chi connectivity index (χ4v) is 6.77. The molecular weight excluding hydrogens is 702 g/mol. The Labute approximate surface area is 300 Å². The highest BCUT2D eigenvalue weighted by atomic mass is 35.5. The lowest BCUT2D eigenvalue weighted by atomic mass is 9.94. The minimum atomic E-state index is -3.26. The number of sulfonamides is 1. The van der Waals surface area contributed by atoms with Crippen LogP contribution in [-0.4, -0.2) is 47.7 Å². The van der Waals surface area contributed by atoms with Crippen LogP contribution in [0.15, 0.2) is 79.4 Å². The number of allylic oxidation sites excluding steroid dienone is 1. The molecule has 0 aromatic heterocycles. The molecule has 2 fully saturated rings. The van der Waals surface area contributed by atoms with Gasteiger partial charge in [-0.1, -0.05) is 50.6 Å². The molecule has 1 aliphatic heterocycles. The second-order valence-corrected chi connectivity index (χ2v) is 17.6. The lowest BCUT2D eigenvalue weighted by Gasteiger charge is -2.36. The van der Waals surface area contributed by atoms with Gasteiger partial charge in [-0.05, 0) is 111 Å². The van der Waals surface area contributed by atoms with Gasteiger partial charge in [0.2, 0.25) is 28.0 Å². The minimum Gasteiger partial charge on any atom is -0.457 e. The summed E-state index contributed by atoms with van der Waals surface area (Å²) in [5.41, 5.74) is 13.4. The van der Waals surface area contributed by atoms with Crippen molar-refractivity contribution in [2.75, 3.05) is 5.73 Å². The van der Waals surface area contributed by atoms with Crippen molar-refractivity contribution in [1.29, 1.82) is 0 Å². The molecule has 2 aliphatic carbocycles. The molecule has 1 heterocycles. The summed E-state index contributed by atoms with van der Waals surface area (Å²) in [6, 6.07) is 17.9. The van der Waals surface area contributed by atoms with Crippen LogP contribution in [0.5, 0.6) is 11.5 Å². The zero-order valence-electron chi connectivity index (χ0n) is 28.4. The molecule has 270 valence electrons. The molecule has 14 heteroatoms. The lowest BCUT2D eigenvalue weighted by molar-refractivity contribution is -0.122. The molecule has 6 rings (SSSR count). The minimum absolute atomic E-state index is 0.0267. The normalized spacial score (nSPS) is 16.6. The molecule has 3 aromatic rings. The van der Waals surface area contributed by atoms with E-state index in [4.69, 9.17) is 27.8 Å². The number of fused-ring (bicyclic) bond motifs is 1. The van der Waals surface area contributed by atoms with Crippen LogP contribution < -0.4 is 20.9 Å². The summed E-state index contributed by atoms with van der Waals surface area (Å²) in [4.78, 5) is 36.1. The van der Waals surface area contributed by atoms with Gasteiger partial charge in [0.05, 0.1) is 5.25 Å². The number of hydrogen-bond acceptors (Lipinski definition) is 7. The molecule has 0 spiro atoms. The smallest absolute Gasteiger partial charge is 0.241 e. The van der Waals surface area contributed by atoms with Gasteiger partial charge in [0.25, 0.3) is 0 Å². The van der Waals surface area contributed by atoms with E-state index in [9.17, 15) is 27.2 Å². The van der Waals surface area contributed by atoms with E-state index in [1.807, 2.05) is 57.2 Å². The van der Waals surface area contributed by atoms with E-state index < -0.39 is 22.0 Å². The molecule has 3 amide bonds. The van der Waals surface area contributed by atoms with E-state index in [2.05, 4.69) is 6.58 Å². The molecule has 3 aliphatic rings. The summed E-state index contributed by atoms with van der Waals surface area (Å²) in [5.74, 6) is 1.45. The van der Waals surface area contributed by atoms with E-state index in [-0.39, 0.29) is 36.9 Å². The molecule has 5 N–H and O–H groups in total. The third-order valence-electron chi connectivity index (χ3n) is 7.41. The Bertz CT molecular complexity index is 1720. The molecule has 0 bridgehead atoms. The Morgan fingerprint density at radius 3 is 2.14 bits per heavy atom. The number of nitrogen functional groups attached to an aromatic ring is 1. The predicted octanol–water partition coefficient (Wildman–Crippen LogP) is 7.16. The number of halogens is 2. The summed E-state index contributed by atoms with van der Waals surface area (Å²) in [6.07, 6.45) is 6.77. The Kier molecular flexibility index (Phi) is 14.8. The molecule has 10 nitrogen and oxygen atoms in total. The number of rotatable bonds is 8. The Morgan fingerprint density at radius 2 is 1.66 bits per heavy atom. The van der Waals surface area contributed by atoms with Crippen LogP contribution in [0.3, 0.4) is 0 Å². The van der Waals surface area contributed by atoms with Gasteiger partial charge in [0, 0.05) is 23.7 Å². The number of nitrogens with two attached hydrogens (primary N) is 2. The SMILES string of the molecule is C=CC1CC1.CC(C)(C)PC(=O)N1Cc2ccc(Oc3cccc(Cl)c3)cc2C[C@H]1C(N)=O.Nc1ccc(F)cc1.O=CNS(=O)(=O)C1CC1. The Balaban J connectivity index is 0.000000245. The third-order valence-corrected chi connectivity index (χ3v) is 10.7. The van der Waals surface area contributed by atoms with E-state index in [0.29, 0.717) is 48.0 Å². The number of ether oxygens (including phenoxy) is 1. The first-order valence-corrected chi connectivity index (χ1v) is 19.0. The molecule has 50 heavy (non-hydrogen) atoms. The fraction of sp³-hybridized carbons (Fsp3) is 0.361. The molecule has 2 atom stereocenters. The van der Waals surface area contributed by atoms with Gasteiger partial charge in [-0.15, -0.1) is 6.58 Å². The van der Waals surface area contributed by atoms with Crippen LogP contribution in [0, 0.1) is 11.7 Å². The van der Waals surface area contributed by atoms with Crippen molar-refractivity contribution >= 4 is 53.9 Å². The molecular formula is C36H45ClFN4O6PS. The van der Waals surface area contributed by atoms with Crippen LogP contribution in [0.4, 0.5) is 14.9 Å². The first-order chi connectivity index (χ1) is 23.5. The van der Waals surface area contributed by atoms with E-state index in [1.54, 1.807) is 21.8 Å². The molecule has 3 aromatic carbocycles. The monoisotopic (exact) mass is 746 g/mol. The summed E-state index contributed by atoms with van der Waals surface area (Å²) in [7, 11) is -3.17. The van der Waals surface area contributed by atoms with E-state index >= 15 is 0 Å². The summed E-state index contributed by atoms with van der Waals surface area (Å²) in [6.45, 7) is 10.0. The topological polar surface area (TPSA) is 162 Å². The van der Waals surface area contributed by atoms with Crippen LogP contribution in [0.25, 0.3) is 0 Å². The maximum atomic E-state index is 12.8. The van der Waals surface area contributed by atoms with Crippen molar-refractivity contribution < 1.29 is 31.9 Å². The molecule has 0 saturated heterocycles. The zero-order valence-corrected chi connectivity index (χ0v) is 31.0. The fourth-order valence-electron chi connectivity index (χ4n) is 4.49. The van der Waals surface area contributed by atoms with Crippen molar-refractivity contribution in [2.45, 2.75) is 75.9 Å². The van der Waals surface area contributed by atoms with Crippen molar-refractivity contribution in [1.82, 2.24) is 9.62 Å². The van der Waals surface area contributed by atoms with Crippen LogP contribution in [-0.2, 0) is 32.6 Å². The van der Waals surface area contributed by atoms with Crippen LogP contribution in [0.2, 0.25) is 5.02 Å². The first-order valence-electron chi connectivity index (χ1n) is 16.0. The number of nitrogens with zero attached hydrogens (tertiary/aromatic N) is 1. The predicted molar refractivity (Wildman–Crippen MR) is 199 cm³/mol. The standard InChI is InChI=1S/C21H24ClN2O3P.C6H6FN.C5H8.C4H7NO3S/c1-21(2,3)28-20(26)24-12-13-7-8-17(9-14(13)10-18(24)19(23)25)27-16-6-4-5-15(22)11-16;7-5-1-3-6(8)4-2-5;1-2-5-3-4-5;6-3-5-9(7,8)4-1-2-4/h4-9,11,18,28H,10,12H2,1-3H3,(H2,23,25);1-4H,8H2;2,5H,1,3-4H2;3-4H,1-2H2,(H,5,6)/t18-;;;/m0.../s1. The largest absolute Gasteiger partial charge is 0.457 e. The van der Waals surface area contributed by atoms with Gasteiger partial charge in [0.1, 0.15) is 23.4 Å². The lowest BCUT2D eigenvalue weighted by Crippen LogP contribution is -2.50. The van der Waals surface area contributed by atoms with Gasteiger partial charge in [-0.3, -0.25) is 19.1 Å². The van der Waals surface area contributed by atoms with Crippen LogP contribution >= 0.6 is 20.2 Å². The second kappa shape index (κ2) is 18.3. The van der Waals surface area contributed by atoms with Crippen molar-refractivity contribution in [2.24, 2.45) is 11.7 Å². The number of carbonyl (C=O) groups excluding carboxylic acids is 3. The van der Waals surface area contributed by atoms with E-state index in [0.717, 1.165) is 17.0 Å². The highest BCUT2D eigenvalue weighted by Crippen LogP contribution is 2.37. The molecule has 2 saturated carbocycles. The number of hydrogen-bond donors (Lipinski definition) is 3. The van der Waals surface area contributed by atoms with Gasteiger partial charge in [0.15, 0.2) is 0 Å². The number of carbonyl (C=O) groups is 3. The number of primary amides is 1. The summed E-state index contributed by atoms with van der Waals surface area (Å²) >= 11 is 6.00. The van der Waals surface area contributed by atoms with Gasteiger partial charge in [-0.2, -0.15) is 0 Å². The number of amides is 3. The first kappa shape index (κ1) is 40.4. The van der Waals surface area contributed by atoms with Gasteiger partial charge in [-0.25, -0.2) is 12.8 Å². The maximum absolute atomic E-state index is 12.8. The maximum Gasteiger partial charge on any atom is 0.241 e. The quantitative estimate of drug-likeness (QED) is 0.0954. The number of nitrogens with one attached hydrogen (secondary N) is 1. The van der Waals surface area contributed by atoms with Crippen molar-refractivity contribution in [3.8, 4) is 11.5 Å². The zero-order chi connectivity index (χ0) is 37.1. The number of benzene rings is 3. The summed E-state index contributed by atoms with van der Waals surface area (Å²) in [5, 5.41) is 0.162. The van der Waals surface area contributed by atoms with Crippen molar-refractivity contribution in [3.63, 3.8) is 0 Å². The Hall–Kier alpha value is -3.99. The van der Waals surface area contributed by atoms with Gasteiger partial charge >= 0.3 is 0 Å². The summed E-state index contributed by atoms with van der Waals surface area (Å²) < 4.78 is 41.0.